The van der Waals surface area contributed by atoms with Gasteiger partial charge < -0.3 is 10.2 Å². The van der Waals surface area contributed by atoms with E-state index in [1.165, 1.54) is 12.8 Å². The van der Waals surface area contributed by atoms with E-state index in [0.29, 0.717) is 11.6 Å². The fraction of sp³-hybridized carbons (Fsp3) is 0.500. The molecule has 0 bridgehead atoms. The highest BCUT2D eigenvalue weighted by Gasteiger charge is 2.24. The molecule has 4 heterocycles. The molecule has 4 rings (SSSR count). The van der Waals surface area contributed by atoms with Crippen LogP contribution in [0.4, 0.5) is 11.8 Å². The number of likely N-dealkylation sites (tertiary alicyclic amines) is 1. The maximum atomic E-state index is 4.76. The molecule has 0 radical (unpaired) electrons. The summed E-state index contributed by atoms with van der Waals surface area (Å²) in [6, 6.07) is 2.00. The molecule has 0 atom stereocenters. The highest BCUT2D eigenvalue weighted by atomic mass is 79.9. The summed E-state index contributed by atoms with van der Waals surface area (Å²) in [4.78, 5) is 20.7. The van der Waals surface area contributed by atoms with Gasteiger partial charge in [-0.05, 0) is 57.2 Å². The van der Waals surface area contributed by atoms with Crippen molar-refractivity contribution >= 4 is 55.2 Å². The van der Waals surface area contributed by atoms with E-state index in [4.69, 9.17) is 4.99 Å². The molecule has 1 saturated heterocycles. The zero-order valence-electron chi connectivity index (χ0n) is 14.0. The molecule has 25 heavy (non-hydrogen) atoms. The van der Waals surface area contributed by atoms with E-state index < -0.39 is 0 Å². The number of hydrogen-bond acceptors (Lipinski definition) is 6. The van der Waals surface area contributed by atoms with Crippen LogP contribution in [-0.2, 0) is 0 Å². The Balaban J connectivity index is 1.90. The second kappa shape index (κ2) is 7.03. The summed E-state index contributed by atoms with van der Waals surface area (Å²) < 4.78 is 3.73. The Morgan fingerprint density at radius 1 is 1.20 bits per heavy atom. The lowest BCUT2D eigenvalue weighted by Gasteiger charge is -2.26. The molecular formula is C16H19Br2N7. The van der Waals surface area contributed by atoms with E-state index in [1.807, 2.05) is 10.5 Å². The van der Waals surface area contributed by atoms with Gasteiger partial charge in [0.15, 0.2) is 5.65 Å². The zero-order chi connectivity index (χ0) is 17.4. The molecule has 2 aromatic rings. The van der Waals surface area contributed by atoms with Crippen LogP contribution < -0.4 is 10.9 Å². The Bertz CT molecular complexity index is 913. The van der Waals surface area contributed by atoms with Gasteiger partial charge in [0, 0.05) is 19.6 Å². The monoisotopic (exact) mass is 467 g/mol. The first-order valence-corrected chi connectivity index (χ1v) is 10.2. The van der Waals surface area contributed by atoms with E-state index in [2.05, 4.69) is 64.0 Å². The molecule has 0 amide bonds. The molecule has 1 fully saturated rings. The highest BCUT2D eigenvalue weighted by Crippen LogP contribution is 2.34. The number of nitrogens with one attached hydrogen (secondary N) is 1. The normalized spacial score (nSPS) is 17.2. The van der Waals surface area contributed by atoms with Gasteiger partial charge in [0.05, 0.1) is 8.95 Å². The molecule has 0 aliphatic carbocycles. The minimum Gasteiger partial charge on any atom is -0.342 e. The van der Waals surface area contributed by atoms with Crippen LogP contribution in [0.1, 0.15) is 32.6 Å². The molecule has 9 heteroatoms. The quantitative estimate of drug-likeness (QED) is 0.700. The molecule has 132 valence electrons. The van der Waals surface area contributed by atoms with Crippen LogP contribution in [0.3, 0.4) is 0 Å². The highest BCUT2D eigenvalue weighted by molar-refractivity contribution is 9.11. The molecular weight excluding hydrogens is 450 g/mol. The van der Waals surface area contributed by atoms with Crippen LogP contribution in [0, 0.1) is 0 Å². The molecule has 7 nitrogen and oxygen atoms in total. The Kier molecular flexibility index (Phi) is 4.77. The van der Waals surface area contributed by atoms with Crippen molar-refractivity contribution in [3.8, 4) is 0 Å². The van der Waals surface area contributed by atoms with Crippen molar-refractivity contribution in [2.75, 3.05) is 25.0 Å². The lowest BCUT2D eigenvalue weighted by Crippen LogP contribution is -2.37. The van der Waals surface area contributed by atoms with E-state index in [-0.39, 0.29) is 0 Å². The van der Waals surface area contributed by atoms with Gasteiger partial charge in [0.1, 0.15) is 5.82 Å². The first kappa shape index (κ1) is 17.0. The van der Waals surface area contributed by atoms with E-state index in [1.54, 1.807) is 0 Å². The lowest BCUT2D eigenvalue weighted by atomic mass is 10.3. The topological polar surface area (TPSA) is 70.2 Å². The number of halogens is 2. The van der Waals surface area contributed by atoms with Crippen LogP contribution in [0.5, 0.6) is 0 Å². The van der Waals surface area contributed by atoms with Gasteiger partial charge in [-0.1, -0.05) is 13.3 Å². The molecule has 2 aliphatic rings. The standard InChI is InChI=1S/C16H19Br2N7/c1-2-3-6-19-14-20-12-10(17)9-11(18)13-21-15(24-7-4-5-8-24)23-16(22-14)25(12)13/h9H,2-8H2,1H3,(H,19,20,21,22,23). The average Bonchev–Trinajstić information content (AvgIpc) is 3.13. The molecule has 0 aromatic carbocycles. The number of pyridine rings is 1. The van der Waals surface area contributed by atoms with Crippen molar-refractivity contribution in [1.82, 2.24) is 19.3 Å². The fourth-order valence-corrected chi connectivity index (χ4v) is 4.33. The Morgan fingerprint density at radius 3 is 2.76 bits per heavy atom. The number of nitrogens with zero attached hydrogens (tertiary/aromatic N) is 6. The van der Waals surface area contributed by atoms with Crippen LogP contribution in [-0.4, -0.2) is 44.9 Å². The third-order valence-electron chi connectivity index (χ3n) is 4.34. The molecule has 0 saturated carbocycles. The largest absolute Gasteiger partial charge is 0.342 e. The number of guanidine groups is 1. The summed E-state index contributed by atoms with van der Waals surface area (Å²) in [5.41, 5.74) is 1.25. The van der Waals surface area contributed by atoms with Crippen LogP contribution in [0.2, 0.25) is 0 Å². The van der Waals surface area contributed by atoms with Gasteiger partial charge in [0.25, 0.3) is 0 Å². The summed E-state index contributed by atoms with van der Waals surface area (Å²) >= 11 is 7.23. The van der Waals surface area contributed by atoms with Gasteiger partial charge in [-0.3, -0.25) is 0 Å². The van der Waals surface area contributed by atoms with Crippen molar-refractivity contribution in [1.29, 1.82) is 0 Å². The molecule has 0 unspecified atom stereocenters. The number of anilines is 1. The van der Waals surface area contributed by atoms with Gasteiger partial charge >= 0.3 is 0 Å². The van der Waals surface area contributed by atoms with Crippen LogP contribution in [0.25, 0.3) is 5.65 Å². The van der Waals surface area contributed by atoms with E-state index in [9.17, 15) is 0 Å². The second-order valence-electron chi connectivity index (χ2n) is 6.16. The Hall–Kier alpha value is -1.48. The summed E-state index contributed by atoms with van der Waals surface area (Å²) in [5.74, 6) is 2.35. The maximum Gasteiger partial charge on any atom is 0.250 e. The SMILES string of the molecule is CCCCN=c1nc2n3c(c(Br)cc(Br)c3n1)NC(N1CCCC1)=N2. The van der Waals surface area contributed by atoms with Gasteiger partial charge in [0.2, 0.25) is 17.5 Å². The van der Waals surface area contributed by atoms with E-state index in [0.717, 1.165) is 58.8 Å². The van der Waals surface area contributed by atoms with E-state index >= 15 is 0 Å². The summed E-state index contributed by atoms with van der Waals surface area (Å²) in [6.07, 6.45) is 4.51. The predicted molar refractivity (Wildman–Crippen MR) is 105 cm³/mol. The Labute approximate surface area is 162 Å². The van der Waals surface area contributed by atoms with Crippen molar-refractivity contribution < 1.29 is 0 Å². The maximum absolute atomic E-state index is 4.76. The second-order valence-corrected chi connectivity index (χ2v) is 7.87. The zero-order valence-corrected chi connectivity index (χ0v) is 17.1. The molecule has 1 N–H and O–H groups in total. The van der Waals surface area contributed by atoms with Gasteiger partial charge in [-0.25, -0.2) is 9.39 Å². The average molecular weight is 469 g/mol. The first-order valence-electron chi connectivity index (χ1n) is 8.57. The number of hydrogen-bond donors (Lipinski definition) is 1. The fourth-order valence-electron chi connectivity index (χ4n) is 3.03. The lowest BCUT2D eigenvalue weighted by molar-refractivity contribution is 0.516. The summed E-state index contributed by atoms with van der Waals surface area (Å²) in [5, 5.41) is 3.43. The molecule has 2 aliphatic heterocycles. The third-order valence-corrected chi connectivity index (χ3v) is 5.53. The summed E-state index contributed by atoms with van der Waals surface area (Å²) in [6.45, 7) is 4.91. The Morgan fingerprint density at radius 2 is 2.00 bits per heavy atom. The van der Waals surface area contributed by atoms with Gasteiger partial charge in [-0.2, -0.15) is 15.0 Å². The number of rotatable bonds is 3. The van der Waals surface area contributed by atoms with Crippen LogP contribution in [0.15, 0.2) is 25.0 Å². The molecule has 2 aromatic heterocycles. The minimum absolute atomic E-state index is 0.490. The van der Waals surface area contributed by atoms with Crippen molar-refractivity contribution in [2.24, 2.45) is 9.98 Å². The van der Waals surface area contributed by atoms with Gasteiger partial charge in [-0.15, -0.1) is 0 Å². The smallest absolute Gasteiger partial charge is 0.250 e. The minimum atomic E-state index is 0.490. The third kappa shape index (κ3) is 3.19. The predicted octanol–water partition coefficient (Wildman–Crippen LogP) is 3.46. The number of aromatic nitrogens is 3. The van der Waals surface area contributed by atoms with Crippen molar-refractivity contribution in [2.45, 2.75) is 32.6 Å². The first-order chi connectivity index (χ1) is 12.2. The number of unbranched alkanes of at least 4 members (excludes halogenated alkanes) is 1. The molecule has 0 spiro atoms. The van der Waals surface area contributed by atoms with Crippen molar-refractivity contribution in [3.63, 3.8) is 0 Å². The van der Waals surface area contributed by atoms with Crippen molar-refractivity contribution in [3.05, 3.63) is 20.6 Å². The van der Waals surface area contributed by atoms with Crippen LogP contribution >= 0.6 is 31.9 Å². The number of aliphatic imine (C=N–C) groups is 1. The summed E-state index contributed by atoms with van der Waals surface area (Å²) in [7, 11) is 0.